The molecule has 0 N–H and O–H groups in total. The van der Waals surface area contributed by atoms with E-state index in [1.165, 1.54) is 18.4 Å². The molecule has 4 nitrogen and oxygen atoms in total. The molecule has 3 rings (SSSR count). The van der Waals surface area contributed by atoms with Crippen LogP contribution in [-0.4, -0.2) is 21.1 Å². The van der Waals surface area contributed by atoms with Gasteiger partial charge in [-0.1, -0.05) is 60.9 Å². The van der Waals surface area contributed by atoms with Crippen molar-refractivity contribution in [2.24, 2.45) is 5.92 Å². The van der Waals surface area contributed by atoms with Crippen molar-refractivity contribution in [1.29, 1.82) is 0 Å². The zero-order valence-electron chi connectivity index (χ0n) is 15.8. The molecule has 1 saturated carbocycles. The van der Waals surface area contributed by atoms with Gasteiger partial charge in [-0.25, -0.2) is 0 Å². The molecule has 27 heavy (non-hydrogen) atoms. The van der Waals surface area contributed by atoms with Crippen LogP contribution in [0.15, 0.2) is 59.5 Å². The number of hydrogen-bond acceptors (Lipinski definition) is 4. The molecule has 1 aliphatic rings. The van der Waals surface area contributed by atoms with Crippen molar-refractivity contribution >= 4 is 10.1 Å². The van der Waals surface area contributed by atoms with Gasteiger partial charge in [0, 0.05) is 0 Å². The van der Waals surface area contributed by atoms with E-state index < -0.39 is 10.1 Å². The van der Waals surface area contributed by atoms with Crippen molar-refractivity contribution in [1.82, 2.24) is 0 Å². The number of hydrogen-bond donors (Lipinski definition) is 0. The number of benzene rings is 2. The van der Waals surface area contributed by atoms with Crippen molar-refractivity contribution in [3.05, 3.63) is 65.7 Å². The van der Waals surface area contributed by atoms with Gasteiger partial charge < -0.3 is 4.74 Å². The third-order valence-electron chi connectivity index (χ3n) is 5.18. The van der Waals surface area contributed by atoms with E-state index in [0.29, 0.717) is 18.9 Å². The van der Waals surface area contributed by atoms with Crippen LogP contribution in [0.25, 0.3) is 0 Å². The van der Waals surface area contributed by atoms with Gasteiger partial charge in [-0.3, -0.25) is 4.18 Å². The normalized spacial score (nSPS) is 20.5. The second kappa shape index (κ2) is 9.49. The van der Waals surface area contributed by atoms with E-state index in [0.717, 1.165) is 18.4 Å². The Morgan fingerprint density at radius 2 is 1.67 bits per heavy atom. The minimum atomic E-state index is -3.69. The summed E-state index contributed by atoms with van der Waals surface area (Å²) in [7, 11) is -3.69. The molecule has 0 bridgehead atoms. The quantitative estimate of drug-likeness (QED) is 0.606. The zero-order chi connectivity index (χ0) is 19.1. The maximum atomic E-state index is 12.3. The van der Waals surface area contributed by atoms with Crippen LogP contribution in [0.5, 0.6) is 0 Å². The summed E-state index contributed by atoms with van der Waals surface area (Å²) in [6.45, 7) is 2.73. The average molecular weight is 389 g/mol. The minimum absolute atomic E-state index is 0.171. The summed E-state index contributed by atoms with van der Waals surface area (Å²) in [6, 6.07) is 16.9. The molecular formula is C22H28O4S. The summed E-state index contributed by atoms with van der Waals surface area (Å²) >= 11 is 0. The number of rotatable bonds is 8. The van der Waals surface area contributed by atoms with E-state index in [4.69, 9.17) is 8.92 Å². The summed E-state index contributed by atoms with van der Waals surface area (Å²) in [6.07, 6.45) is 5.30. The van der Waals surface area contributed by atoms with Crippen molar-refractivity contribution in [2.45, 2.75) is 56.6 Å². The lowest BCUT2D eigenvalue weighted by molar-refractivity contribution is -0.0266. The molecule has 0 radical (unpaired) electrons. The largest absolute Gasteiger partial charge is 0.373 e. The topological polar surface area (TPSA) is 52.6 Å². The van der Waals surface area contributed by atoms with E-state index >= 15 is 0 Å². The molecule has 0 spiro atoms. The van der Waals surface area contributed by atoms with Crippen molar-refractivity contribution in [2.75, 3.05) is 6.61 Å². The van der Waals surface area contributed by atoms with Crippen LogP contribution >= 0.6 is 0 Å². The molecule has 0 aliphatic heterocycles. The van der Waals surface area contributed by atoms with Gasteiger partial charge in [0.15, 0.2) is 0 Å². The molecule has 0 saturated heterocycles. The number of ether oxygens (including phenoxy) is 1. The van der Waals surface area contributed by atoms with Crippen LogP contribution in [-0.2, 0) is 25.6 Å². The van der Waals surface area contributed by atoms with Crippen LogP contribution in [0, 0.1) is 12.8 Å². The molecular weight excluding hydrogens is 360 g/mol. The van der Waals surface area contributed by atoms with Crippen LogP contribution in [0.2, 0.25) is 0 Å². The highest BCUT2D eigenvalue weighted by Crippen LogP contribution is 2.30. The molecule has 5 heteroatoms. The first kappa shape index (κ1) is 20.1. The zero-order valence-corrected chi connectivity index (χ0v) is 16.7. The van der Waals surface area contributed by atoms with Crippen molar-refractivity contribution in [3.63, 3.8) is 0 Å². The van der Waals surface area contributed by atoms with Gasteiger partial charge in [-0.15, -0.1) is 0 Å². The van der Waals surface area contributed by atoms with Crippen LogP contribution in [0.1, 0.15) is 43.2 Å². The van der Waals surface area contributed by atoms with Gasteiger partial charge in [0.25, 0.3) is 10.1 Å². The van der Waals surface area contributed by atoms with E-state index in [1.54, 1.807) is 24.3 Å². The molecule has 2 aromatic carbocycles. The highest BCUT2D eigenvalue weighted by atomic mass is 32.2. The standard InChI is InChI=1S/C22H28O4S/c1-18-11-13-21(14-12-18)27(23,24)26-16-15-20-9-5-6-10-22(20)25-17-19-7-3-2-4-8-19/h2-4,7-8,11-14,20,22H,5-6,9-10,15-17H2,1H3/t20-,22+/m1/s1. The molecule has 2 atom stereocenters. The second-order valence-electron chi connectivity index (χ2n) is 7.26. The molecule has 2 aromatic rings. The third-order valence-corrected chi connectivity index (χ3v) is 6.51. The van der Waals surface area contributed by atoms with Crippen LogP contribution in [0.3, 0.4) is 0 Å². The third kappa shape index (κ3) is 5.89. The smallest absolute Gasteiger partial charge is 0.296 e. The Morgan fingerprint density at radius 1 is 0.963 bits per heavy atom. The van der Waals surface area contributed by atoms with Gasteiger partial charge in [-0.2, -0.15) is 8.42 Å². The summed E-state index contributed by atoms with van der Waals surface area (Å²) in [5, 5.41) is 0. The highest BCUT2D eigenvalue weighted by Gasteiger charge is 2.26. The van der Waals surface area contributed by atoms with E-state index in [9.17, 15) is 8.42 Å². The Morgan fingerprint density at radius 3 is 2.41 bits per heavy atom. The maximum absolute atomic E-state index is 12.3. The molecule has 1 aliphatic carbocycles. The molecule has 0 heterocycles. The summed E-state index contributed by atoms with van der Waals surface area (Å²) in [5.41, 5.74) is 2.19. The summed E-state index contributed by atoms with van der Waals surface area (Å²) < 4.78 is 36.1. The fourth-order valence-corrected chi connectivity index (χ4v) is 4.50. The monoisotopic (exact) mass is 388 g/mol. The first-order valence-corrected chi connectivity index (χ1v) is 11.1. The first-order chi connectivity index (χ1) is 13.0. The Balaban J connectivity index is 1.51. The Hall–Kier alpha value is -1.69. The lowest BCUT2D eigenvalue weighted by Gasteiger charge is -2.31. The van der Waals surface area contributed by atoms with Gasteiger partial charge in [0.1, 0.15) is 0 Å². The fraction of sp³-hybridized carbons (Fsp3) is 0.455. The van der Waals surface area contributed by atoms with Gasteiger partial charge in [0.2, 0.25) is 0 Å². The van der Waals surface area contributed by atoms with E-state index in [-0.39, 0.29) is 17.6 Å². The van der Waals surface area contributed by atoms with Crippen molar-refractivity contribution < 1.29 is 17.3 Å². The van der Waals surface area contributed by atoms with E-state index in [2.05, 4.69) is 12.1 Å². The number of aryl methyl sites for hydroxylation is 1. The summed E-state index contributed by atoms with van der Waals surface area (Å²) in [4.78, 5) is 0.216. The maximum Gasteiger partial charge on any atom is 0.296 e. The van der Waals surface area contributed by atoms with Gasteiger partial charge in [-0.05, 0) is 49.8 Å². The molecule has 146 valence electrons. The Kier molecular flexibility index (Phi) is 7.05. The highest BCUT2D eigenvalue weighted by molar-refractivity contribution is 7.86. The summed E-state index contributed by atoms with van der Waals surface area (Å²) in [5.74, 6) is 0.343. The minimum Gasteiger partial charge on any atom is -0.373 e. The van der Waals surface area contributed by atoms with Crippen LogP contribution in [0.4, 0.5) is 0 Å². The molecule has 0 aromatic heterocycles. The molecule has 0 unspecified atom stereocenters. The van der Waals surface area contributed by atoms with Crippen LogP contribution < -0.4 is 0 Å². The first-order valence-electron chi connectivity index (χ1n) is 9.66. The fourth-order valence-electron chi connectivity index (χ4n) is 3.58. The second-order valence-corrected chi connectivity index (χ2v) is 8.87. The average Bonchev–Trinajstić information content (AvgIpc) is 2.68. The Bertz CT molecular complexity index is 800. The predicted octanol–water partition coefficient (Wildman–Crippen LogP) is 4.87. The van der Waals surface area contributed by atoms with Gasteiger partial charge >= 0.3 is 0 Å². The van der Waals surface area contributed by atoms with Gasteiger partial charge in [0.05, 0.1) is 24.2 Å². The van der Waals surface area contributed by atoms with Crippen molar-refractivity contribution in [3.8, 4) is 0 Å². The lowest BCUT2D eigenvalue weighted by atomic mass is 9.84. The predicted molar refractivity (Wildman–Crippen MR) is 106 cm³/mol. The van der Waals surface area contributed by atoms with E-state index in [1.807, 2.05) is 25.1 Å². The SMILES string of the molecule is Cc1ccc(S(=O)(=O)OCC[C@H]2CCCC[C@@H]2OCc2ccccc2)cc1. The molecule has 1 fully saturated rings. The molecule has 0 amide bonds. The Labute approximate surface area is 162 Å². The lowest BCUT2D eigenvalue weighted by Crippen LogP contribution is -2.29.